The van der Waals surface area contributed by atoms with Gasteiger partial charge < -0.3 is 0 Å². The summed E-state index contributed by atoms with van der Waals surface area (Å²) >= 11 is 1.70. The van der Waals surface area contributed by atoms with Crippen molar-refractivity contribution in [3.8, 4) is 0 Å². The molecule has 0 fully saturated rings. The van der Waals surface area contributed by atoms with Crippen molar-refractivity contribution < 1.29 is 4.39 Å². The van der Waals surface area contributed by atoms with E-state index in [1.807, 2.05) is 25.1 Å². The van der Waals surface area contributed by atoms with Crippen LogP contribution in [0.3, 0.4) is 0 Å². The van der Waals surface area contributed by atoms with Crippen LogP contribution in [0.2, 0.25) is 0 Å². The number of hydrogen-bond donors (Lipinski definition) is 2. The summed E-state index contributed by atoms with van der Waals surface area (Å²) in [5.41, 5.74) is 4.72. The first-order chi connectivity index (χ1) is 9.20. The largest absolute Gasteiger partial charge is 0.271 e. The molecule has 100 valence electrons. The van der Waals surface area contributed by atoms with Gasteiger partial charge in [0.25, 0.3) is 0 Å². The maximum absolute atomic E-state index is 13.3. The van der Waals surface area contributed by atoms with Gasteiger partial charge in [-0.25, -0.2) is 4.39 Å². The van der Waals surface area contributed by atoms with Crippen molar-refractivity contribution in [2.45, 2.75) is 17.9 Å². The fourth-order valence-corrected chi connectivity index (χ4v) is 2.90. The highest BCUT2D eigenvalue weighted by atomic mass is 32.2. The first-order valence-electron chi connectivity index (χ1n) is 6.10. The molecule has 4 heteroatoms. The van der Waals surface area contributed by atoms with Crippen LogP contribution >= 0.6 is 11.8 Å². The topological polar surface area (TPSA) is 38.0 Å². The second kappa shape index (κ2) is 6.70. The molecule has 0 aliphatic heterocycles. The molecule has 2 aromatic rings. The average molecular weight is 276 g/mol. The van der Waals surface area contributed by atoms with E-state index in [1.165, 1.54) is 11.0 Å². The average Bonchev–Trinajstić information content (AvgIpc) is 2.44. The smallest absolute Gasteiger partial charge is 0.123 e. The summed E-state index contributed by atoms with van der Waals surface area (Å²) in [5.74, 6) is 6.13. The van der Waals surface area contributed by atoms with Crippen molar-refractivity contribution in [2.24, 2.45) is 5.84 Å². The summed E-state index contributed by atoms with van der Waals surface area (Å²) in [6, 6.07) is 14.8. The zero-order valence-corrected chi connectivity index (χ0v) is 11.6. The predicted octanol–water partition coefficient (Wildman–Crippen LogP) is 3.43. The fraction of sp³-hybridized carbons (Fsp3) is 0.200. The van der Waals surface area contributed by atoms with E-state index in [2.05, 4.69) is 17.6 Å². The van der Waals surface area contributed by atoms with Gasteiger partial charge >= 0.3 is 0 Å². The number of nitrogens with two attached hydrogens (primary N) is 1. The molecule has 2 rings (SSSR count). The van der Waals surface area contributed by atoms with Gasteiger partial charge in [0.15, 0.2) is 0 Å². The SMILES string of the molecule is Cc1ccc(F)cc1C(CSc1ccccc1)NN. The molecule has 0 saturated heterocycles. The summed E-state index contributed by atoms with van der Waals surface area (Å²) in [4.78, 5) is 1.18. The van der Waals surface area contributed by atoms with Gasteiger partial charge in [-0.2, -0.15) is 0 Å². The number of hydrazine groups is 1. The van der Waals surface area contributed by atoms with E-state index in [0.717, 1.165) is 16.9 Å². The lowest BCUT2D eigenvalue weighted by Crippen LogP contribution is -2.30. The molecule has 0 aromatic heterocycles. The van der Waals surface area contributed by atoms with Crippen LogP contribution in [-0.2, 0) is 0 Å². The van der Waals surface area contributed by atoms with E-state index in [-0.39, 0.29) is 11.9 Å². The molecule has 0 aliphatic rings. The van der Waals surface area contributed by atoms with Gasteiger partial charge in [-0.05, 0) is 42.3 Å². The number of rotatable bonds is 5. The zero-order chi connectivity index (χ0) is 13.7. The van der Waals surface area contributed by atoms with Crippen LogP contribution in [0.15, 0.2) is 53.4 Å². The van der Waals surface area contributed by atoms with E-state index in [4.69, 9.17) is 5.84 Å². The summed E-state index contributed by atoms with van der Waals surface area (Å²) in [7, 11) is 0. The molecule has 0 radical (unpaired) electrons. The monoisotopic (exact) mass is 276 g/mol. The third-order valence-corrected chi connectivity index (χ3v) is 4.08. The number of hydrogen-bond acceptors (Lipinski definition) is 3. The van der Waals surface area contributed by atoms with Gasteiger partial charge in [0.1, 0.15) is 5.82 Å². The lowest BCUT2D eigenvalue weighted by Gasteiger charge is -2.18. The third-order valence-electron chi connectivity index (χ3n) is 2.98. The third kappa shape index (κ3) is 3.80. The highest BCUT2D eigenvalue weighted by Crippen LogP contribution is 2.26. The van der Waals surface area contributed by atoms with E-state index < -0.39 is 0 Å². The first kappa shape index (κ1) is 14.1. The molecule has 1 atom stereocenters. The van der Waals surface area contributed by atoms with Gasteiger partial charge in [0.05, 0.1) is 6.04 Å². The number of thioether (sulfide) groups is 1. The predicted molar refractivity (Wildman–Crippen MR) is 78.4 cm³/mol. The lowest BCUT2D eigenvalue weighted by molar-refractivity contribution is 0.588. The molecule has 0 bridgehead atoms. The van der Waals surface area contributed by atoms with Crippen LogP contribution in [0.4, 0.5) is 4.39 Å². The van der Waals surface area contributed by atoms with Crippen molar-refractivity contribution in [1.29, 1.82) is 0 Å². The number of aryl methyl sites for hydroxylation is 1. The number of halogens is 1. The van der Waals surface area contributed by atoms with Gasteiger partial charge in [0.2, 0.25) is 0 Å². The standard InChI is InChI=1S/C15H17FN2S/c1-11-7-8-12(16)9-14(11)15(18-17)10-19-13-5-3-2-4-6-13/h2-9,15,18H,10,17H2,1H3. The molecule has 0 saturated carbocycles. The molecule has 3 N–H and O–H groups in total. The minimum atomic E-state index is -0.231. The molecular formula is C15H17FN2S. The Kier molecular flexibility index (Phi) is 4.96. The minimum Gasteiger partial charge on any atom is -0.271 e. The van der Waals surface area contributed by atoms with E-state index in [1.54, 1.807) is 23.9 Å². The van der Waals surface area contributed by atoms with E-state index in [0.29, 0.717) is 0 Å². The second-order valence-corrected chi connectivity index (χ2v) is 5.44. The maximum atomic E-state index is 13.3. The lowest BCUT2D eigenvalue weighted by atomic mass is 10.0. The number of benzene rings is 2. The van der Waals surface area contributed by atoms with Gasteiger partial charge in [-0.15, -0.1) is 11.8 Å². The van der Waals surface area contributed by atoms with Crippen LogP contribution in [0.25, 0.3) is 0 Å². The van der Waals surface area contributed by atoms with Crippen molar-refractivity contribution in [1.82, 2.24) is 5.43 Å². The second-order valence-electron chi connectivity index (χ2n) is 4.34. The molecule has 0 spiro atoms. The Morgan fingerprint density at radius 1 is 1.21 bits per heavy atom. The summed E-state index contributed by atoms with van der Waals surface area (Å²) in [5, 5.41) is 0. The summed E-state index contributed by atoms with van der Waals surface area (Å²) in [6.07, 6.45) is 0. The Morgan fingerprint density at radius 3 is 2.63 bits per heavy atom. The van der Waals surface area contributed by atoms with Crippen molar-refractivity contribution >= 4 is 11.8 Å². The molecule has 0 amide bonds. The Hall–Kier alpha value is -1.36. The van der Waals surface area contributed by atoms with E-state index in [9.17, 15) is 4.39 Å². The van der Waals surface area contributed by atoms with Crippen LogP contribution in [0, 0.1) is 12.7 Å². The molecular weight excluding hydrogens is 259 g/mol. The first-order valence-corrected chi connectivity index (χ1v) is 7.09. The van der Waals surface area contributed by atoms with Crippen LogP contribution < -0.4 is 11.3 Å². The molecule has 0 aliphatic carbocycles. The number of nitrogens with one attached hydrogen (secondary N) is 1. The van der Waals surface area contributed by atoms with Gasteiger partial charge in [0, 0.05) is 10.6 Å². The molecule has 2 aromatic carbocycles. The van der Waals surface area contributed by atoms with E-state index >= 15 is 0 Å². The molecule has 2 nitrogen and oxygen atoms in total. The zero-order valence-electron chi connectivity index (χ0n) is 10.8. The minimum absolute atomic E-state index is 0.0686. The Bertz CT molecular complexity index is 531. The summed E-state index contributed by atoms with van der Waals surface area (Å²) in [6.45, 7) is 1.96. The Morgan fingerprint density at radius 2 is 1.95 bits per heavy atom. The molecule has 0 heterocycles. The van der Waals surface area contributed by atoms with Crippen LogP contribution in [0.5, 0.6) is 0 Å². The van der Waals surface area contributed by atoms with Gasteiger partial charge in [-0.3, -0.25) is 11.3 Å². The molecule has 19 heavy (non-hydrogen) atoms. The quantitative estimate of drug-likeness (QED) is 0.499. The highest BCUT2D eigenvalue weighted by Gasteiger charge is 2.13. The Balaban J connectivity index is 2.10. The highest BCUT2D eigenvalue weighted by molar-refractivity contribution is 7.99. The van der Waals surface area contributed by atoms with Crippen molar-refractivity contribution in [3.63, 3.8) is 0 Å². The van der Waals surface area contributed by atoms with Gasteiger partial charge in [-0.1, -0.05) is 24.3 Å². The Labute approximate surface area is 117 Å². The fourth-order valence-electron chi connectivity index (χ4n) is 1.91. The van der Waals surface area contributed by atoms with Crippen molar-refractivity contribution in [2.75, 3.05) is 5.75 Å². The maximum Gasteiger partial charge on any atom is 0.123 e. The van der Waals surface area contributed by atoms with Crippen molar-refractivity contribution in [3.05, 3.63) is 65.5 Å². The summed E-state index contributed by atoms with van der Waals surface area (Å²) < 4.78 is 13.3. The van der Waals surface area contributed by atoms with Crippen LogP contribution in [-0.4, -0.2) is 5.75 Å². The molecule has 1 unspecified atom stereocenters. The normalized spacial score (nSPS) is 12.4. The van der Waals surface area contributed by atoms with Crippen LogP contribution in [0.1, 0.15) is 17.2 Å².